The molecular weight excluding hydrogens is 252 g/mol. The van der Waals surface area contributed by atoms with Gasteiger partial charge in [0.05, 0.1) is 5.75 Å². The van der Waals surface area contributed by atoms with Gasteiger partial charge in [-0.05, 0) is 12.8 Å². The molecule has 0 aromatic carbocycles. The SMILES string of the molecule is CCCCC1C(=O)N(C)CCN1S(=O)(=O)CCC. The van der Waals surface area contributed by atoms with E-state index in [4.69, 9.17) is 0 Å². The number of likely N-dealkylation sites (N-methyl/N-ethyl adjacent to an activating group) is 1. The predicted octanol–water partition coefficient (Wildman–Crippen LogP) is 1.06. The number of unbranched alkanes of at least 4 members (excludes halogenated alkanes) is 1. The molecule has 0 aromatic rings. The lowest BCUT2D eigenvalue weighted by atomic mass is 10.1. The topological polar surface area (TPSA) is 57.7 Å². The first-order chi connectivity index (χ1) is 8.44. The molecule has 0 bridgehead atoms. The highest BCUT2D eigenvalue weighted by Crippen LogP contribution is 2.20. The molecule has 18 heavy (non-hydrogen) atoms. The lowest BCUT2D eigenvalue weighted by Gasteiger charge is -2.38. The van der Waals surface area contributed by atoms with Crippen molar-refractivity contribution in [1.29, 1.82) is 0 Å². The van der Waals surface area contributed by atoms with Gasteiger partial charge < -0.3 is 4.90 Å². The first-order valence-corrected chi connectivity index (χ1v) is 8.29. The maximum atomic E-state index is 12.2. The zero-order valence-electron chi connectivity index (χ0n) is 11.6. The van der Waals surface area contributed by atoms with Crippen molar-refractivity contribution < 1.29 is 13.2 Å². The van der Waals surface area contributed by atoms with Gasteiger partial charge in [0, 0.05) is 20.1 Å². The fourth-order valence-corrected chi connectivity index (χ4v) is 3.96. The molecule has 106 valence electrons. The Morgan fingerprint density at radius 1 is 1.22 bits per heavy atom. The van der Waals surface area contributed by atoms with Crippen LogP contribution >= 0.6 is 0 Å². The van der Waals surface area contributed by atoms with E-state index >= 15 is 0 Å². The van der Waals surface area contributed by atoms with E-state index in [9.17, 15) is 13.2 Å². The molecule has 0 aliphatic carbocycles. The zero-order chi connectivity index (χ0) is 13.8. The van der Waals surface area contributed by atoms with Crippen molar-refractivity contribution in [3.8, 4) is 0 Å². The van der Waals surface area contributed by atoms with Crippen molar-refractivity contribution >= 4 is 15.9 Å². The Kier molecular flexibility index (Phi) is 5.59. The second kappa shape index (κ2) is 6.52. The first kappa shape index (κ1) is 15.4. The molecule has 0 aromatic heterocycles. The molecule has 1 unspecified atom stereocenters. The Morgan fingerprint density at radius 3 is 2.44 bits per heavy atom. The molecule has 1 fully saturated rings. The van der Waals surface area contributed by atoms with Gasteiger partial charge in [-0.3, -0.25) is 4.79 Å². The minimum atomic E-state index is -3.28. The van der Waals surface area contributed by atoms with Crippen LogP contribution in [-0.2, 0) is 14.8 Å². The number of carbonyl (C=O) groups is 1. The number of hydrogen-bond donors (Lipinski definition) is 0. The maximum absolute atomic E-state index is 12.2. The van der Waals surface area contributed by atoms with E-state index in [1.807, 2.05) is 13.8 Å². The lowest BCUT2D eigenvalue weighted by Crippen LogP contribution is -2.57. The minimum absolute atomic E-state index is 0.0608. The van der Waals surface area contributed by atoms with Gasteiger partial charge in [-0.25, -0.2) is 8.42 Å². The highest BCUT2D eigenvalue weighted by atomic mass is 32.2. The number of rotatable bonds is 6. The third-order valence-corrected chi connectivity index (χ3v) is 5.39. The van der Waals surface area contributed by atoms with Crippen LogP contribution < -0.4 is 0 Å². The van der Waals surface area contributed by atoms with Crippen LogP contribution in [0.5, 0.6) is 0 Å². The zero-order valence-corrected chi connectivity index (χ0v) is 12.4. The summed E-state index contributed by atoms with van der Waals surface area (Å²) in [6, 6.07) is -0.486. The molecule has 5 nitrogen and oxygen atoms in total. The van der Waals surface area contributed by atoms with Crippen LogP contribution in [0.2, 0.25) is 0 Å². The number of carbonyl (C=O) groups excluding carboxylic acids is 1. The van der Waals surface area contributed by atoms with E-state index in [2.05, 4.69) is 0 Å². The molecule has 6 heteroatoms. The molecule has 1 rings (SSSR count). The van der Waals surface area contributed by atoms with Gasteiger partial charge in [-0.15, -0.1) is 0 Å². The normalized spacial score (nSPS) is 22.5. The van der Waals surface area contributed by atoms with E-state index < -0.39 is 16.1 Å². The summed E-state index contributed by atoms with van der Waals surface area (Å²) in [5.74, 6) is 0.0708. The third kappa shape index (κ3) is 3.45. The first-order valence-electron chi connectivity index (χ1n) is 6.68. The van der Waals surface area contributed by atoms with Crippen LogP contribution in [-0.4, -0.2) is 55.5 Å². The fraction of sp³-hybridized carbons (Fsp3) is 0.917. The summed E-state index contributed by atoms with van der Waals surface area (Å²) in [7, 11) is -1.54. The van der Waals surface area contributed by atoms with E-state index in [0.29, 0.717) is 25.9 Å². The Labute approximate surface area is 110 Å². The Balaban J connectivity index is 2.89. The largest absolute Gasteiger partial charge is 0.343 e. The molecular formula is C12H24N2O3S. The monoisotopic (exact) mass is 276 g/mol. The lowest BCUT2D eigenvalue weighted by molar-refractivity contribution is -0.137. The van der Waals surface area contributed by atoms with Gasteiger partial charge in [0.1, 0.15) is 6.04 Å². The van der Waals surface area contributed by atoms with Crippen molar-refractivity contribution in [3.63, 3.8) is 0 Å². The third-order valence-electron chi connectivity index (χ3n) is 3.32. The van der Waals surface area contributed by atoms with Crippen molar-refractivity contribution in [2.24, 2.45) is 0 Å². The Bertz CT molecular complexity index is 381. The van der Waals surface area contributed by atoms with Crippen molar-refractivity contribution in [3.05, 3.63) is 0 Å². The summed E-state index contributed by atoms with van der Waals surface area (Å²) in [4.78, 5) is 13.7. The van der Waals surface area contributed by atoms with Crippen LogP contribution in [0, 0.1) is 0 Å². The highest BCUT2D eigenvalue weighted by Gasteiger charge is 2.38. The molecule has 1 aliphatic rings. The molecule has 1 heterocycles. The van der Waals surface area contributed by atoms with Crippen LogP contribution in [0.4, 0.5) is 0 Å². The van der Waals surface area contributed by atoms with Crippen LogP contribution in [0.3, 0.4) is 0 Å². The van der Waals surface area contributed by atoms with Crippen molar-refractivity contribution in [2.45, 2.75) is 45.6 Å². The second-order valence-electron chi connectivity index (χ2n) is 4.84. The number of amides is 1. The number of piperazine rings is 1. The summed E-state index contributed by atoms with van der Waals surface area (Å²) in [6.07, 6.45) is 3.06. The average Bonchev–Trinajstić information content (AvgIpc) is 2.30. The number of hydrogen-bond acceptors (Lipinski definition) is 3. The maximum Gasteiger partial charge on any atom is 0.240 e. The summed E-state index contributed by atoms with van der Waals surface area (Å²) in [5.41, 5.74) is 0. The van der Waals surface area contributed by atoms with E-state index in [-0.39, 0.29) is 11.7 Å². The molecule has 0 saturated carbocycles. The quantitative estimate of drug-likeness (QED) is 0.729. The molecule has 1 aliphatic heterocycles. The molecule has 1 saturated heterocycles. The second-order valence-corrected chi connectivity index (χ2v) is 6.89. The van der Waals surface area contributed by atoms with Crippen molar-refractivity contribution in [2.75, 3.05) is 25.9 Å². The van der Waals surface area contributed by atoms with E-state index in [1.54, 1.807) is 11.9 Å². The Hall–Kier alpha value is -0.620. The fourth-order valence-electron chi connectivity index (χ4n) is 2.27. The predicted molar refractivity (Wildman–Crippen MR) is 71.7 cm³/mol. The summed E-state index contributed by atoms with van der Waals surface area (Å²) < 4.78 is 25.8. The Morgan fingerprint density at radius 2 is 1.89 bits per heavy atom. The van der Waals surface area contributed by atoms with Gasteiger partial charge in [0.25, 0.3) is 0 Å². The molecule has 0 radical (unpaired) electrons. The average molecular weight is 276 g/mol. The summed E-state index contributed by atoms with van der Waals surface area (Å²) in [5, 5.41) is 0. The molecule has 0 spiro atoms. The minimum Gasteiger partial charge on any atom is -0.343 e. The number of nitrogens with zero attached hydrogens (tertiary/aromatic N) is 2. The van der Waals surface area contributed by atoms with Crippen molar-refractivity contribution in [1.82, 2.24) is 9.21 Å². The van der Waals surface area contributed by atoms with E-state index in [1.165, 1.54) is 4.31 Å². The van der Waals surface area contributed by atoms with Crippen LogP contribution in [0.15, 0.2) is 0 Å². The van der Waals surface area contributed by atoms with Gasteiger partial charge in [0.2, 0.25) is 15.9 Å². The summed E-state index contributed by atoms with van der Waals surface area (Å²) >= 11 is 0. The van der Waals surface area contributed by atoms with Crippen LogP contribution in [0.1, 0.15) is 39.5 Å². The summed E-state index contributed by atoms with van der Waals surface area (Å²) in [6.45, 7) is 4.81. The molecule has 0 N–H and O–H groups in total. The van der Waals surface area contributed by atoms with E-state index in [0.717, 1.165) is 12.8 Å². The van der Waals surface area contributed by atoms with Crippen LogP contribution in [0.25, 0.3) is 0 Å². The standard InChI is InChI=1S/C12H24N2O3S/c1-4-6-7-11-12(15)13(3)8-9-14(11)18(16,17)10-5-2/h11H,4-10H2,1-3H3. The van der Waals surface area contributed by atoms with Gasteiger partial charge in [-0.2, -0.15) is 4.31 Å². The highest BCUT2D eigenvalue weighted by molar-refractivity contribution is 7.89. The van der Waals surface area contributed by atoms with Gasteiger partial charge in [0.15, 0.2) is 0 Å². The molecule has 1 atom stereocenters. The number of sulfonamides is 1. The molecule has 1 amide bonds. The van der Waals surface area contributed by atoms with Gasteiger partial charge in [-0.1, -0.05) is 26.7 Å². The smallest absolute Gasteiger partial charge is 0.240 e. The van der Waals surface area contributed by atoms with Gasteiger partial charge >= 0.3 is 0 Å².